The zero-order valence-corrected chi connectivity index (χ0v) is 33.4. The number of carboxylic acids is 2. The molecule has 0 spiro atoms. The average Bonchev–Trinajstić information content (AvgIpc) is 3.06. The predicted octanol–water partition coefficient (Wildman–Crippen LogP) is 11.4. The third kappa shape index (κ3) is 34.8. The summed E-state index contributed by atoms with van der Waals surface area (Å²) in [5, 5.41) is 17.1. The van der Waals surface area contributed by atoms with Crippen molar-refractivity contribution in [1.29, 1.82) is 0 Å². The molecule has 0 radical (unpaired) electrons. The summed E-state index contributed by atoms with van der Waals surface area (Å²) in [7, 11) is 0. The first kappa shape index (κ1) is 48.3. The fourth-order valence-corrected chi connectivity index (χ4v) is 6.23. The van der Waals surface area contributed by atoms with Gasteiger partial charge < -0.3 is 17.1 Å². The first-order chi connectivity index (χ1) is 22.5. The van der Waals surface area contributed by atoms with Crippen molar-refractivity contribution in [2.24, 2.45) is 0 Å². The standard InChI is InChI=1S/C34H69.C8H6O4.Na/c1-3-5-7-9-11-13-15-17-19-21-23-25-27-29-31-33-34-32-30-28-26-24-22-20-18-16-14-12-10-8-6-4-2;9-7(10)5-3-1-2-4-6(5)8(11)12;/h1,3-34H2,2H3;1-4H,(H,9,10)(H,11,12);/q-1;;+1. The molecule has 0 fully saturated rings. The van der Waals surface area contributed by atoms with Gasteiger partial charge in [0.2, 0.25) is 0 Å². The van der Waals surface area contributed by atoms with Crippen LogP contribution in [0.2, 0.25) is 0 Å². The van der Waals surface area contributed by atoms with Crippen LogP contribution in [0, 0.1) is 6.92 Å². The van der Waals surface area contributed by atoms with E-state index in [2.05, 4.69) is 13.8 Å². The Balaban J connectivity index is 0. The van der Waals surface area contributed by atoms with Gasteiger partial charge in [-0.05, 0) is 12.1 Å². The van der Waals surface area contributed by atoms with Gasteiger partial charge in [0.1, 0.15) is 0 Å². The van der Waals surface area contributed by atoms with Gasteiger partial charge in [0.15, 0.2) is 0 Å². The molecule has 0 atom stereocenters. The van der Waals surface area contributed by atoms with Crippen LogP contribution in [-0.2, 0) is 0 Å². The Hall–Kier alpha value is -0.840. The summed E-state index contributed by atoms with van der Waals surface area (Å²) in [6, 6.07) is 5.48. The minimum atomic E-state index is -1.23. The van der Waals surface area contributed by atoms with Crippen molar-refractivity contribution < 1.29 is 49.4 Å². The molecule has 1 aromatic rings. The molecule has 0 bridgehead atoms. The molecule has 2 N–H and O–H groups in total. The molecule has 0 aliphatic carbocycles. The van der Waals surface area contributed by atoms with Crippen LogP contribution < -0.4 is 29.6 Å². The maximum absolute atomic E-state index is 10.5. The molecule has 47 heavy (non-hydrogen) atoms. The second kappa shape index (κ2) is 39.6. The quantitative estimate of drug-likeness (QED) is 0.0445. The van der Waals surface area contributed by atoms with E-state index in [0.717, 1.165) is 6.42 Å². The predicted molar refractivity (Wildman–Crippen MR) is 199 cm³/mol. The van der Waals surface area contributed by atoms with E-state index in [1.807, 2.05) is 0 Å². The first-order valence-electron chi connectivity index (χ1n) is 19.9. The van der Waals surface area contributed by atoms with E-state index in [0.29, 0.717) is 0 Å². The van der Waals surface area contributed by atoms with Crippen LogP contribution >= 0.6 is 0 Å². The molecule has 0 heterocycles. The summed E-state index contributed by atoms with van der Waals surface area (Å²) in [6.45, 7) is 6.23. The topological polar surface area (TPSA) is 74.6 Å². The molecule has 1 aromatic carbocycles. The number of rotatable bonds is 33. The minimum absolute atomic E-state index is 0. The maximum atomic E-state index is 10.5. The van der Waals surface area contributed by atoms with Crippen LogP contribution in [-0.4, -0.2) is 22.2 Å². The molecule has 0 aromatic heterocycles. The van der Waals surface area contributed by atoms with Gasteiger partial charge in [-0.15, -0.1) is 0 Å². The van der Waals surface area contributed by atoms with Crippen LogP contribution in [0.1, 0.15) is 233 Å². The van der Waals surface area contributed by atoms with Crippen molar-refractivity contribution >= 4 is 11.9 Å². The number of hydrogen-bond donors (Lipinski definition) is 2. The zero-order chi connectivity index (χ0) is 33.8. The molecule has 0 amide bonds. The largest absolute Gasteiger partial charge is 1.00 e. The molecule has 1 rings (SSSR count). The van der Waals surface area contributed by atoms with E-state index in [9.17, 15) is 9.59 Å². The smallest absolute Gasteiger partial charge is 0.478 e. The van der Waals surface area contributed by atoms with Gasteiger partial charge in [-0.3, -0.25) is 0 Å². The Morgan fingerprint density at radius 2 is 0.617 bits per heavy atom. The molecule has 268 valence electrons. The van der Waals surface area contributed by atoms with E-state index in [1.165, 1.54) is 223 Å². The number of unbranched alkanes of at least 4 members (excludes halogenated alkanes) is 31. The van der Waals surface area contributed by atoms with E-state index in [1.54, 1.807) is 0 Å². The van der Waals surface area contributed by atoms with Gasteiger partial charge >= 0.3 is 41.5 Å². The molecule has 0 saturated heterocycles. The van der Waals surface area contributed by atoms with E-state index >= 15 is 0 Å². The second-order valence-corrected chi connectivity index (χ2v) is 13.6. The first-order valence-corrected chi connectivity index (χ1v) is 19.9. The number of carbonyl (C=O) groups is 2. The van der Waals surface area contributed by atoms with Crippen LogP contribution in [0.25, 0.3) is 0 Å². The fraction of sp³-hybridized carbons (Fsp3) is 0.786. The number of aromatic carboxylic acids is 2. The Labute approximate surface area is 314 Å². The van der Waals surface area contributed by atoms with Crippen molar-refractivity contribution in [2.75, 3.05) is 0 Å². The van der Waals surface area contributed by atoms with Gasteiger partial charge in [0.25, 0.3) is 0 Å². The van der Waals surface area contributed by atoms with Gasteiger partial charge in [0.05, 0.1) is 11.1 Å². The van der Waals surface area contributed by atoms with Crippen LogP contribution in [0.5, 0.6) is 0 Å². The Bertz CT molecular complexity index is 732. The number of hydrogen-bond acceptors (Lipinski definition) is 2. The molecular formula is C42H75NaO4. The molecule has 0 aliphatic heterocycles. The van der Waals surface area contributed by atoms with E-state index in [4.69, 9.17) is 10.2 Å². The van der Waals surface area contributed by atoms with Gasteiger partial charge in [-0.1, -0.05) is 218 Å². The minimum Gasteiger partial charge on any atom is -0.478 e. The average molecular weight is 667 g/mol. The Kier molecular flexibility index (Phi) is 40.7. The van der Waals surface area contributed by atoms with Crippen molar-refractivity contribution in [2.45, 2.75) is 212 Å². The summed E-state index contributed by atoms with van der Waals surface area (Å²) < 4.78 is 0. The van der Waals surface area contributed by atoms with Crippen LogP contribution in [0.3, 0.4) is 0 Å². The fourth-order valence-electron chi connectivity index (χ4n) is 6.23. The molecule has 0 saturated carbocycles. The van der Waals surface area contributed by atoms with Crippen molar-refractivity contribution in [3.8, 4) is 0 Å². The molecule has 0 aliphatic rings. The number of benzene rings is 1. The Morgan fingerprint density at radius 1 is 0.426 bits per heavy atom. The summed E-state index contributed by atoms with van der Waals surface area (Å²) in [5.74, 6) is -2.46. The van der Waals surface area contributed by atoms with Gasteiger partial charge in [-0.25, -0.2) is 9.59 Å². The SMILES string of the molecule is O=C(O)c1ccccc1C(=O)O.[CH2-]CCCCCCCCCCCCCCCCCCCCCCCCCCCCCCCCC.[Na+]. The molecule has 4 nitrogen and oxygen atoms in total. The van der Waals surface area contributed by atoms with Crippen LogP contribution in [0.4, 0.5) is 0 Å². The third-order valence-corrected chi connectivity index (χ3v) is 9.24. The van der Waals surface area contributed by atoms with Crippen molar-refractivity contribution in [3.05, 3.63) is 42.3 Å². The zero-order valence-electron chi connectivity index (χ0n) is 31.4. The van der Waals surface area contributed by atoms with E-state index < -0.39 is 11.9 Å². The Morgan fingerprint density at radius 3 is 0.787 bits per heavy atom. The molecule has 0 unspecified atom stereocenters. The summed E-state index contributed by atoms with van der Waals surface area (Å²) in [4.78, 5) is 20.9. The second-order valence-electron chi connectivity index (χ2n) is 13.6. The maximum Gasteiger partial charge on any atom is 1.00 e. The van der Waals surface area contributed by atoms with Crippen molar-refractivity contribution in [1.82, 2.24) is 0 Å². The van der Waals surface area contributed by atoms with E-state index in [-0.39, 0.29) is 40.7 Å². The van der Waals surface area contributed by atoms with Gasteiger partial charge in [-0.2, -0.15) is 6.42 Å². The number of carboxylic acid groups (broad SMARTS) is 2. The third-order valence-electron chi connectivity index (χ3n) is 9.24. The molecular weight excluding hydrogens is 591 g/mol. The summed E-state index contributed by atoms with van der Waals surface area (Å²) in [5.41, 5.74) is -0.380. The normalized spacial score (nSPS) is 10.7. The molecule has 5 heteroatoms. The summed E-state index contributed by atoms with van der Waals surface area (Å²) in [6.07, 6.45) is 46.8. The monoisotopic (exact) mass is 667 g/mol. The van der Waals surface area contributed by atoms with Crippen molar-refractivity contribution in [3.63, 3.8) is 0 Å². The van der Waals surface area contributed by atoms with Crippen LogP contribution in [0.15, 0.2) is 24.3 Å². The van der Waals surface area contributed by atoms with Gasteiger partial charge in [0, 0.05) is 0 Å². The summed E-state index contributed by atoms with van der Waals surface area (Å²) >= 11 is 0.